The Morgan fingerprint density at radius 2 is 2.00 bits per heavy atom. The van der Waals surface area contributed by atoms with Crippen molar-refractivity contribution in [3.63, 3.8) is 0 Å². The fourth-order valence-electron chi connectivity index (χ4n) is 4.42. The second-order valence-corrected chi connectivity index (χ2v) is 10.0. The van der Waals surface area contributed by atoms with Crippen LogP contribution in [-0.4, -0.2) is 69.1 Å². The van der Waals surface area contributed by atoms with Gasteiger partial charge in [-0.15, -0.1) is 0 Å². The van der Waals surface area contributed by atoms with Gasteiger partial charge in [-0.2, -0.15) is 11.8 Å². The Hall–Kier alpha value is -2.37. The predicted molar refractivity (Wildman–Crippen MR) is 129 cm³/mol. The van der Waals surface area contributed by atoms with Gasteiger partial charge < -0.3 is 28.7 Å². The molecule has 2 aliphatic heterocycles. The van der Waals surface area contributed by atoms with Crippen LogP contribution in [0.15, 0.2) is 39.8 Å². The first-order valence-corrected chi connectivity index (χ1v) is 12.7. The number of pyridine rings is 2. The number of aliphatic hydroxyl groups is 2. The topological polar surface area (TPSA) is 110 Å². The molecule has 34 heavy (non-hydrogen) atoms. The largest absolute Gasteiger partial charge is 0.477 e. The zero-order chi connectivity index (χ0) is 23.7. The van der Waals surface area contributed by atoms with Crippen LogP contribution in [0.5, 0.6) is 5.88 Å². The minimum absolute atomic E-state index is 0.0657. The summed E-state index contributed by atoms with van der Waals surface area (Å²) in [4.78, 5) is 18.7. The maximum Gasteiger partial charge on any atom is 0.287 e. The minimum atomic E-state index is -2.29. The summed E-state index contributed by atoms with van der Waals surface area (Å²) >= 11 is 1.76. The highest BCUT2D eigenvalue weighted by atomic mass is 32.2. The van der Waals surface area contributed by atoms with Gasteiger partial charge in [0, 0.05) is 74.9 Å². The molecule has 2 N–H and O–H groups in total. The molecule has 0 radical (unpaired) electrons. The standard InChI is InChI=1S/C24H29N3O6S/c1-26-14-19(17-2-5-25-21(12-17)32-15-16-3-8-31-9-4-16)22-18(23(26)28)13-20(33-22)24(29,30)27-6-10-34-11-7-27/h2,5,12-14,16,29-30H,3-4,6-11,15H2,1H3. The number of thioether (sulfide) groups is 1. The summed E-state index contributed by atoms with van der Waals surface area (Å²) in [6, 6.07) is 5.07. The molecule has 0 spiro atoms. The third-order valence-corrected chi connectivity index (χ3v) is 7.43. The molecular formula is C24H29N3O6S. The van der Waals surface area contributed by atoms with E-state index in [0.29, 0.717) is 42.6 Å². The lowest BCUT2D eigenvalue weighted by atomic mass is 10.0. The number of rotatable bonds is 6. The minimum Gasteiger partial charge on any atom is -0.477 e. The highest BCUT2D eigenvalue weighted by Gasteiger charge is 2.39. The summed E-state index contributed by atoms with van der Waals surface area (Å²) in [6.07, 6.45) is 5.28. The second-order valence-electron chi connectivity index (χ2n) is 8.80. The van der Waals surface area contributed by atoms with Crippen molar-refractivity contribution in [2.24, 2.45) is 13.0 Å². The highest BCUT2D eigenvalue weighted by molar-refractivity contribution is 7.99. The van der Waals surface area contributed by atoms with Gasteiger partial charge in [-0.3, -0.25) is 4.79 Å². The first kappa shape index (κ1) is 23.4. The summed E-state index contributed by atoms with van der Waals surface area (Å²) in [5, 5.41) is 22.1. The van der Waals surface area contributed by atoms with E-state index in [0.717, 1.165) is 43.1 Å². The van der Waals surface area contributed by atoms with E-state index in [-0.39, 0.29) is 16.7 Å². The summed E-state index contributed by atoms with van der Waals surface area (Å²) in [5.41, 5.74) is 1.43. The molecule has 5 rings (SSSR count). The van der Waals surface area contributed by atoms with Gasteiger partial charge in [-0.05, 0) is 30.4 Å². The van der Waals surface area contributed by atoms with Gasteiger partial charge in [0.15, 0.2) is 5.76 Å². The average Bonchev–Trinajstić information content (AvgIpc) is 3.33. The van der Waals surface area contributed by atoms with Crippen LogP contribution in [0.4, 0.5) is 0 Å². The number of aromatic nitrogens is 2. The SMILES string of the molecule is Cn1cc(-c2ccnc(OCC3CCOCC3)c2)c2oc(C(O)(O)N3CCSCC3)cc2c1=O. The van der Waals surface area contributed by atoms with Crippen molar-refractivity contribution < 1.29 is 24.1 Å². The lowest BCUT2D eigenvalue weighted by Gasteiger charge is -2.35. The van der Waals surface area contributed by atoms with Gasteiger partial charge in [0.25, 0.3) is 11.5 Å². The lowest BCUT2D eigenvalue weighted by Crippen LogP contribution is -2.49. The predicted octanol–water partition coefficient (Wildman–Crippen LogP) is 2.14. The lowest BCUT2D eigenvalue weighted by molar-refractivity contribution is -0.282. The van der Waals surface area contributed by atoms with E-state index >= 15 is 0 Å². The number of furan rings is 1. The summed E-state index contributed by atoms with van der Waals surface area (Å²) < 4.78 is 18.8. The van der Waals surface area contributed by atoms with Gasteiger partial charge in [0.05, 0.1) is 12.0 Å². The molecule has 2 fully saturated rings. The molecule has 0 unspecified atom stereocenters. The van der Waals surface area contributed by atoms with Crippen molar-refractivity contribution in [3.8, 4) is 17.0 Å². The Kier molecular flexibility index (Phi) is 6.67. The maximum absolute atomic E-state index is 12.8. The van der Waals surface area contributed by atoms with E-state index in [1.54, 1.807) is 36.1 Å². The van der Waals surface area contributed by atoms with Crippen LogP contribution in [0.2, 0.25) is 0 Å². The van der Waals surface area contributed by atoms with Crippen LogP contribution in [0.3, 0.4) is 0 Å². The Labute approximate surface area is 201 Å². The zero-order valence-corrected chi connectivity index (χ0v) is 19.9. The third-order valence-electron chi connectivity index (χ3n) is 6.49. The van der Waals surface area contributed by atoms with Crippen LogP contribution < -0.4 is 10.3 Å². The summed E-state index contributed by atoms with van der Waals surface area (Å²) in [5.74, 6) is 0.157. The number of nitrogens with zero attached hydrogens (tertiary/aromatic N) is 3. The summed E-state index contributed by atoms with van der Waals surface area (Å²) in [6.45, 7) is 3.10. The molecular weight excluding hydrogens is 458 g/mol. The molecule has 3 aromatic heterocycles. The number of aryl methyl sites for hydroxylation is 1. The van der Waals surface area contributed by atoms with Crippen LogP contribution in [0, 0.1) is 5.92 Å². The molecule has 0 amide bonds. The van der Waals surface area contributed by atoms with Gasteiger partial charge in [-0.25, -0.2) is 9.88 Å². The van der Waals surface area contributed by atoms with Crippen molar-refractivity contribution in [1.82, 2.24) is 14.5 Å². The Morgan fingerprint density at radius 1 is 1.24 bits per heavy atom. The maximum atomic E-state index is 12.8. The number of ether oxygens (including phenoxy) is 2. The van der Waals surface area contributed by atoms with Crippen LogP contribution >= 0.6 is 11.8 Å². The van der Waals surface area contributed by atoms with Crippen LogP contribution in [0.25, 0.3) is 22.1 Å². The first-order valence-electron chi connectivity index (χ1n) is 11.5. The first-order chi connectivity index (χ1) is 16.4. The molecule has 2 aliphatic rings. The van der Waals surface area contributed by atoms with Gasteiger partial charge in [-0.1, -0.05) is 0 Å². The van der Waals surface area contributed by atoms with Gasteiger partial charge >= 0.3 is 0 Å². The molecule has 3 aromatic rings. The van der Waals surface area contributed by atoms with Crippen molar-refractivity contribution in [1.29, 1.82) is 0 Å². The molecule has 0 aromatic carbocycles. The smallest absolute Gasteiger partial charge is 0.287 e. The quantitative estimate of drug-likeness (QED) is 0.505. The normalized spacial score (nSPS) is 18.4. The summed E-state index contributed by atoms with van der Waals surface area (Å²) in [7, 11) is 1.66. The molecule has 2 saturated heterocycles. The number of hydrogen-bond acceptors (Lipinski definition) is 9. The molecule has 0 bridgehead atoms. The average molecular weight is 488 g/mol. The highest BCUT2D eigenvalue weighted by Crippen LogP contribution is 2.35. The van der Waals surface area contributed by atoms with E-state index < -0.39 is 5.91 Å². The number of fused-ring (bicyclic) bond motifs is 1. The molecule has 182 valence electrons. The van der Waals surface area contributed by atoms with E-state index in [4.69, 9.17) is 13.9 Å². The zero-order valence-electron chi connectivity index (χ0n) is 19.1. The number of hydrogen-bond donors (Lipinski definition) is 2. The van der Waals surface area contributed by atoms with E-state index in [2.05, 4.69) is 4.98 Å². The van der Waals surface area contributed by atoms with Crippen molar-refractivity contribution in [2.75, 3.05) is 44.4 Å². The van der Waals surface area contributed by atoms with E-state index in [1.807, 2.05) is 12.1 Å². The molecule has 0 saturated carbocycles. The Bertz CT molecular complexity index is 1210. The molecule has 0 atom stereocenters. The van der Waals surface area contributed by atoms with Gasteiger partial charge in [0.1, 0.15) is 5.58 Å². The molecule has 5 heterocycles. The fourth-order valence-corrected chi connectivity index (χ4v) is 5.33. The monoisotopic (exact) mass is 487 g/mol. The van der Waals surface area contributed by atoms with Crippen molar-refractivity contribution in [2.45, 2.75) is 18.8 Å². The molecule has 9 nitrogen and oxygen atoms in total. The van der Waals surface area contributed by atoms with Crippen LogP contribution in [-0.2, 0) is 17.7 Å². The fraction of sp³-hybridized carbons (Fsp3) is 0.500. The van der Waals surface area contributed by atoms with Crippen molar-refractivity contribution >= 4 is 22.7 Å². The Balaban J connectivity index is 1.48. The van der Waals surface area contributed by atoms with E-state index in [9.17, 15) is 15.0 Å². The van der Waals surface area contributed by atoms with Gasteiger partial charge in [0.2, 0.25) is 5.88 Å². The van der Waals surface area contributed by atoms with Crippen molar-refractivity contribution in [3.05, 3.63) is 46.7 Å². The van der Waals surface area contributed by atoms with Crippen LogP contribution in [0.1, 0.15) is 18.6 Å². The molecule has 0 aliphatic carbocycles. The van der Waals surface area contributed by atoms with E-state index in [1.165, 1.54) is 10.6 Å². The third kappa shape index (κ3) is 4.60. The Morgan fingerprint density at radius 3 is 2.76 bits per heavy atom. The molecule has 10 heteroatoms. The second kappa shape index (κ2) is 9.71.